The maximum absolute atomic E-state index is 12.2. The Labute approximate surface area is 111 Å². The van der Waals surface area contributed by atoms with Gasteiger partial charge in [0.2, 0.25) is 0 Å². The Kier molecular flexibility index (Phi) is 3.29. The summed E-state index contributed by atoms with van der Waals surface area (Å²) in [7, 11) is 0. The summed E-state index contributed by atoms with van der Waals surface area (Å²) in [5, 5.41) is 5.71. The first-order chi connectivity index (χ1) is 9.34. The molecule has 0 unspecified atom stereocenters. The van der Waals surface area contributed by atoms with Gasteiger partial charge < -0.3 is 0 Å². The van der Waals surface area contributed by atoms with Crippen LogP contribution in [0.5, 0.6) is 0 Å². The lowest BCUT2D eigenvalue weighted by Crippen LogP contribution is -2.36. The summed E-state index contributed by atoms with van der Waals surface area (Å²) < 4.78 is 1.69. The quantitative estimate of drug-likeness (QED) is 0.827. The van der Waals surface area contributed by atoms with Gasteiger partial charge in [-0.25, -0.2) is 9.75 Å². The number of carbonyl (C=O) groups is 1. The van der Waals surface area contributed by atoms with Crippen LogP contribution in [-0.4, -0.2) is 33.9 Å². The number of carbonyl (C=O) groups excluding carboxylic acids is 1. The van der Waals surface area contributed by atoms with Crippen LogP contribution in [0.4, 0.5) is 0 Å². The highest BCUT2D eigenvalue weighted by atomic mass is 16.7. The number of hydroxylamine groups is 2. The second-order valence-electron chi connectivity index (χ2n) is 4.43. The van der Waals surface area contributed by atoms with Crippen molar-refractivity contribution >= 4 is 5.91 Å². The first-order valence-corrected chi connectivity index (χ1v) is 6.40. The lowest BCUT2D eigenvalue weighted by Gasteiger charge is -2.24. The van der Waals surface area contributed by atoms with Crippen LogP contribution >= 0.6 is 0 Å². The molecule has 2 heterocycles. The minimum Gasteiger partial charge on any atom is -0.271 e. The van der Waals surface area contributed by atoms with Gasteiger partial charge in [0, 0.05) is 12.7 Å². The molecular formula is C14H15N3O2. The summed E-state index contributed by atoms with van der Waals surface area (Å²) in [6, 6.07) is 11.4. The number of amides is 1. The molecule has 1 amide bonds. The number of benzene rings is 1. The third kappa shape index (κ3) is 2.51. The molecule has 5 heteroatoms. The van der Waals surface area contributed by atoms with Crippen LogP contribution in [-0.2, 0) is 4.84 Å². The Hall–Kier alpha value is -2.14. The largest absolute Gasteiger partial charge is 0.297 e. The number of aromatic nitrogens is 2. The van der Waals surface area contributed by atoms with Crippen LogP contribution in [0.1, 0.15) is 23.3 Å². The van der Waals surface area contributed by atoms with E-state index in [-0.39, 0.29) is 5.91 Å². The van der Waals surface area contributed by atoms with Gasteiger partial charge in [0.1, 0.15) is 0 Å². The Balaban J connectivity index is 1.79. The maximum atomic E-state index is 12.2. The number of hydrogen-bond acceptors (Lipinski definition) is 3. The van der Waals surface area contributed by atoms with E-state index in [0.717, 1.165) is 18.5 Å². The van der Waals surface area contributed by atoms with E-state index in [2.05, 4.69) is 5.10 Å². The third-order valence-electron chi connectivity index (χ3n) is 3.06. The number of para-hydroxylation sites is 1. The van der Waals surface area contributed by atoms with Gasteiger partial charge in [-0.2, -0.15) is 5.10 Å². The van der Waals surface area contributed by atoms with E-state index < -0.39 is 0 Å². The van der Waals surface area contributed by atoms with E-state index in [4.69, 9.17) is 4.84 Å². The van der Waals surface area contributed by atoms with Crippen molar-refractivity contribution in [2.45, 2.75) is 12.8 Å². The number of hydrogen-bond donors (Lipinski definition) is 0. The van der Waals surface area contributed by atoms with Crippen molar-refractivity contribution in [3.05, 3.63) is 48.3 Å². The number of nitrogens with zero attached hydrogens (tertiary/aromatic N) is 3. The molecule has 0 atom stereocenters. The second-order valence-corrected chi connectivity index (χ2v) is 4.43. The third-order valence-corrected chi connectivity index (χ3v) is 3.06. The fourth-order valence-electron chi connectivity index (χ4n) is 2.05. The van der Waals surface area contributed by atoms with Crippen LogP contribution in [0, 0.1) is 0 Å². The minimum atomic E-state index is -0.172. The lowest BCUT2D eigenvalue weighted by atomic mass is 10.3. The van der Waals surface area contributed by atoms with Crippen LogP contribution in [0.25, 0.3) is 5.69 Å². The van der Waals surface area contributed by atoms with Crippen LogP contribution in [0.2, 0.25) is 0 Å². The van der Waals surface area contributed by atoms with E-state index in [0.29, 0.717) is 18.8 Å². The van der Waals surface area contributed by atoms with Crippen molar-refractivity contribution in [3.8, 4) is 5.69 Å². The molecule has 3 rings (SSSR count). The smallest absolute Gasteiger partial charge is 0.271 e. The highest BCUT2D eigenvalue weighted by Gasteiger charge is 2.21. The van der Waals surface area contributed by atoms with Crippen molar-refractivity contribution in [1.29, 1.82) is 0 Å². The molecule has 0 radical (unpaired) electrons. The molecule has 0 saturated carbocycles. The highest BCUT2D eigenvalue weighted by Crippen LogP contribution is 2.12. The summed E-state index contributed by atoms with van der Waals surface area (Å²) in [5.41, 5.74) is 1.34. The topological polar surface area (TPSA) is 47.4 Å². The zero-order valence-corrected chi connectivity index (χ0v) is 10.5. The van der Waals surface area contributed by atoms with Gasteiger partial charge in [0.15, 0.2) is 5.69 Å². The second kappa shape index (κ2) is 5.24. The zero-order valence-electron chi connectivity index (χ0n) is 10.5. The van der Waals surface area contributed by atoms with Crippen molar-refractivity contribution in [3.63, 3.8) is 0 Å². The Morgan fingerprint density at radius 2 is 2.00 bits per heavy atom. The predicted molar refractivity (Wildman–Crippen MR) is 69.8 cm³/mol. The molecule has 1 aliphatic heterocycles. The Morgan fingerprint density at radius 3 is 2.74 bits per heavy atom. The average Bonchev–Trinajstić information content (AvgIpc) is 2.98. The molecule has 2 aromatic rings. The van der Waals surface area contributed by atoms with Crippen molar-refractivity contribution in [2.75, 3.05) is 13.2 Å². The molecule has 0 spiro atoms. The zero-order chi connectivity index (χ0) is 13.1. The van der Waals surface area contributed by atoms with Gasteiger partial charge in [-0.1, -0.05) is 18.2 Å². The standard InChI is InChI=1S/C14H15N3O2/c18-14(17-9-4-5-11-19-17)13-8-10-16(15-13)12-6-2-1-3-7-12/h1-3,6-8,10H,4-5,9,11H2. The van der Waals surface area contributed by atoms with Gasteiger partial charge >= 0.3 is 0 Å². The molecule has 1 aliphatic rings. The first-order valence-electron chi connectivity index (χ1n) is 6.40. The predicted octanol–water partition coefficient (Wildman–Crippen LogP) is 2.04. The monoisotopic (exact) mass is 257 g/mol. The van der Waals surface area contributed by atoms with Gasteiger partial charge in [-0.05, 0) is 31.0 Å². The summed E-state index contributed by atoms with van der Waals surface area (Å²) >= 11 is 0. The molecule has 0 N–H and O–H groups in total. The van der Waals surface area contributed by atoms with E-state index in [1.807, 2.05) is 30.3 Å². The Morgan fingerprint density at radius 1 is 1.16 bits per heavy atom. The molecule has 1 aromatic carbocycles. The van der Waals surface area contributed by atoms with E-state index in [1.54, 1.807) is 16.9 Å². The van der Waals surface area contributed by atoms with Gasteiger partial charge in [-0.3, -0.25) is 9.63 Å². The Bertz CT molecular complexity index is 559. The molecule has 5 nitrogen and oxygen atoms in total. The van der Waals surface area contributed by atoms with Crippen molar-refractivity contribution in [2.24, 2.45) is 0 Å². The number of rotatable bonds is 2. The molecule has 1 saturated heterocycles. The van der Waals surface area contributed by atoms with Crippen molar-refractivity contribution < 1.29 is 9.63 Å². The molecule has 19 heavy (non-hydrogen) atoms. The van der Waals surface area contributed by atoms with Gasteiger partial charge in [0.25, 0.3) is 5.91 Å². The molecule has 0 bridgehead atoms. The summed E-state index contributed by atoms with van der Waals surface area (Å²) in [4.78, 5) is 17.5. The van der Waals surface area contributed by atoms with E-state index >= 15 is 0 Å². The van der Waals surface area contributed by atoms with Crippen LogP contribution in [0.3, 0.4) is 0 Å². The van der Waals surface area contributed by atoms with Crippen LogP contribution in [0.15, 0.2) is 42.6 Å². The van der Waals surface area contributed by atoms with Crippen molar-refractivity contribution in [1.82, 2.24) is 14.8 Å². The molecule has 98 valence electrons. The SMILES string of the molecule is O=C(c1ccn(-c2ccccc2)n1)N1CCCCO1. The highest BCUT2D eigenvalue weighted by molar-refractivity contribution is 5.91. The van der Waals surface area contributed by atoms with E-state index in [1.165, 1.54) is 5.06 Å². The van der Waals surface area contributed by atoms with Gasteiger partial charge in [0.05, 0.1) is 12.3 Å². The normalized spacial score (nSPS) is 15.5. The molecule has 1 aromatic heterocycles. The summed E-state index contributed by atoms with van der Waals surface area (Å²) in [6.07, 6.45) is 3.76. The van der Waals surface area contributed by atoms with Gasteiger partial charge in [-0.15, -0.1) is 0 Å². The minimum absolute atomic E-state index is 0.172. The first kappa shape index (κ1) is 11.9. The fourth-order valence-corrected chi connectivity index (χ4v) is 2.05. The molecule has 1 fully saturated rings. The maximum Gasteiger partial charge on any atom is 0.297 e. The lowest BCUT2D eigenvalue weighted by molar-refractivity contribution is -0.144. The van der Waals surface area contributed by atoms with Crippen LogP contribution < -0.4 is 0 Å². The summed E-state index contributed by atoms with van der Waals surface area (Å²) in [6.45, 7) is 1.24. The average molecular weight is 257 g/mol. The fraction of sp³-hybridized carbons (Fsp3) is 0.286. The molecule has 0 aliphatic carbocycles. The summed E-state index contributed by atoms with van der Waals surface area (Å²) in [5.74, 6) is -0.172. The molecular weight excluding hydrogens is 242 g/mol. The van der Waals surface area contributed by atoms with E-state index in [9.17, 15) is 4.79 Å².